The largest absolute Gasteiger partial charge is 0.423 e. The van der Waals surface area contributed by atoms with Gasteiger partial charge in [0, 0.05) is 22.3 Å². The predicted molar refractivity (Wildman–Crippen MR) is 153 cm³/mol. The van der Waals surface area contributed by atoms with E-state index in [0.717, 1.165) is 16.7 Å². The molecular weight excluding hydrogens is 492 g/mol. The van der Waals surface area contributed by atoms with Gasteiger partial charge >= 0.3 is 17.9 Å². The minimum atomic E-state index is -0.454. The third-order valence-corrected chi connectivity index (χ3v) is 6.22. The number of carbonyl (C=O) groups excluding carboxylic acids is 3. The van der Waals surface area contributed by atoms with E-state index >= 15 is 0 Å². The monoisotopic (exact) mass is 524 g/mol. The Kier molecular flexibility index (Phi) is 9.76. The Morgan fingerprint density at radius 1 is 0.513 bits per heavy atom. The van der Waals surface area contributed by atoms with Crippen LogP contribution in [0.1, 0.15) is 41.5 Å². The van der Waals surface area contributed by atoms with Gasteiger partial charge in [0.05, 0.1) is 0 Å². The van der Waals surface area contributed by atoms with Crippen LogP contribution in [0.3, 0.4) is 0 Å². The number of ether oxygens (including phenoxy) is 3. The minimum Gasteiger partial charge on any atom is -0.423 e. The second kappa shape index (κ2) is 13.2. The Labute approximate surface area is 229 Å². The highest BCUT2D eigenvalue weighted by Gasteiger charge is 2.15. The summed E-state index contributed by atoms with van der Waals surface area (Å²) in [6.07, 6.45) is 5.08. The molecule has 0 saturated carbocycles. The molecule has 200 valence electrons. The Morgan fingerprint density at radius 2 is 0.897 bits per heavy atom. The second-order valence-electron chi connectivity index (χ2n) is 8.84. The predicted octanol–water partition coefficient (Wildman–Crippen LogP) is 7.64. The van der Waals surface area contributed by atoms with Crippen molar-refractivity contribution in [1.82, 2.24) is 0 Å². The van der Waals surface area contributed by atoms with Gasteiger partial charge in [-0.15, -0.1) is 0 Å². The van der Waals surface area contributed by atoms with E-state index in [0.29, 0.717) is 39.5 Å². The quantitative estimate of drug-likeness (QED) is 0.171. The van der Waals surface area contributed by atoms with Crippen LogP contribution < -0.4 is 14.2 Å². The fraction of sp³-hybridized carbons (Fsp3) is 0.182. The molecule has 0 fully saturated rings. The van der Waals surface area contributed by atoms with Crippen molar-refractivity contribution in [2.24, 2.45) is 0 Å². The van der Waals surface area contributed by atoms with Crippen LogP contribution >= 0.6 is 0 Å². The van der Waals surface area contributed by atoms with E-state index in [9.17, 15) is 14.4 Å². The van der Waals surface area contributed by atoms with Crippen molar-refractivity contribution < 1.29 is 28.6 Å². The molecule has 39 heavy (non-hydrogen) atoms. The molecule has 0 aliphatic carbocycles. The number of rotatable bonds is 8. The van der Waals surface area contributed by atoms with Gasteiger partial charge in [0.25, 0.3) is 0 Å². The summed E-state index contributed by atoms with van der Waals surface area (Å²) >= 11 is 0. The number of benzene rings is 3. The van der Waals surface area contributed by atoms with Gasteiger partial charge in [0.15, 0.2) is 0 Å². The Balaban J connectivity index is 1.94. The summed E-state index contributed by atoms with van der Waals surface area (Å²) in [6.45, 7) is 10.4. The molecule has 3 aromatic carbocycles. The molecule has 0 atom stereocenters. The Hall–Kier alpha value is -4.71. The second-order valence-corrected chi connectivity index (χ2v) is 8.84. The standard InChI is InChI=1S/C33H32O6/c1-7-21(4)31(34)37-27-15-10-24(11-16-27)26-14-19-29(30(20-26)39-33(36)23(6)9-3)25-12-17-28(18-13-25)38-32(35)22(5)8-2/h7-20H,1-6H3/b21-7+,22-8+,23-9+. The van der Waals surface area contributed by atoms with Gasteiger partial charge in [-0.1, -0.05) is 54.6 Å². The third-order valence-electron chi connectivity index (χ3n) is 6.22. The highest BCUT2D eigenvalue weighted by Crippen LogP contribution is 2.36. The number of allylic oxidation sites excluding steroid dienone is 3. The highest BCUT2D eigenvalue weighted by molar-refractivity contribution is 5.92. The lowest BCUT2D eigenvalue weighted by atomic mass is 9.99. The van der Waals surface area contributed by atoms with Gasteiger partial charge in [0.1, 0.15) is 17.2 Å². The third kappa shape index (κ3) is 7.42. The molecule has 0 bridgehead atoms. The summed E-state index contributed by atoms with van der Waals surface area (Å²) in [5.41, 5.74) is 4.67. The first-order valence-corrected chi connectivity index (χ1v) is 12.6. The zero-order valence-corrected chi connectivity index (χ0v) is 23.0. The lowest BCUT2D eigenvalue weighted by Gasteiger charge is -2.14. The van der Waals surface area contributed by atoms with Gasteiger partial charge in [-0.3, -0.25) is 0 Å². The molecular formula is C33H32O6. The van der Waals surface area contributed by atoms with E-state index in [2.05, 4.69) is 0 Å². The Morgan fingerprint density at radius 3 is 1.33 bits per heavy atom. The van der Waals surface area contributed by atoms with E-state index in [4.69, 9.17) is 14.2 Å². The average Bonchev–Trinajstić information content (AvgIpc) is 2.96. The summed E-state index contributed by atoms with van der Waals surface area (Å²) in [4.78, 5) is 36.8. The van der Waals surface area contributed by atoms with Crippen molar-refractivity contribution in [3.05, 3.63) is 102 Å². The first-order valence-electron chi connectivity index (χ1n) is 12.6. The molecule has 3 aromatic rings. The van der Waals surface area contributed by atoms with E-state index in [1.807, 2.05) is 24.3 Å². The highest BCUT2D eigenvalue weighted by atomic mass is 16.5. The van der Waals surface area contributed by atoms with Crippen LogP contribution in [-0.4, -0.2) is 17.9 Å². The van der Waals surface area contributed by atoms with Gasteiger partial charge in [-0.2, -0.15) is 0 Å². The number of hydrogen-bond donors (Lipinski definition) is 0. The van der Waals surface area contributed by atoms with Crippen molar-refractivity contribution in [2.45, 2.75) is 41.5 Å². The maximum Gasteiger partial charge on any atom is 0.338 e. The topological polar surface area (TPSA) is 78.9 Å². The van der Waals surface area contributed by atoms with E-state index < -0.39 is 17.9 Å². The fourth-order valence-corrected chi connectivity index (χ4v) is 3.35. The summed E-state index contributed by atoms with van der Waals surface area (Å²) in [7, 11) is 0. The van der Waals surface area contributed by atoms with Gasteiger partial charge in [0.2, 0.25) is 0 Å². The lowest BCUT2D eigenvalue weighted by Crippen LogP contribution is -2.10. The average molecular weight is 525 g/mol. The van der Waals surface area contributed by atoms with E-state index in [-0.39, 0.29) is 0 Å². The van der Waals surface area contributed by atoms with Crippen LogP contribution in [-0.2, 0) is 14.4 Å². The molecule has 0 aliphatic rings. The molecule has 0 aromatic heterocycles. The summed E-state index contributed by atoms with van der Waals surface area (Å²) in [5.74, 6) is -0.0420. The van der Waals surface area contributed by atoms with Crippen LogP contribution in [0.4, 0.5) is 0 Å². The summed E-state index contributed by atoms with van der Waals surface area (Å²) in [5, 5.41) is 0. The maximum atomic E-state index is 12.7. The van der Waals surface area contributed by atoms with Crippen LogP contribution in [0.15, 0.2) is 102 Å². The van der Waals surface area contributed by atoms with Crippen molar-refractivity contribution in [3.8, 4) is 39.5 Å². The first kappa shape index (κ1) is 28.9. The number of hydrogen-bond acceptors (Lipinski definition) is 6. The van der Waals surface area contributed by atoms with Crippen molar-refractivity contribution in [3.63, 3.8) is 0 Å². The van der Waals surface area contributed by atoms with Crippen LogP contribution in [0.5, 0.6) is 17.2 Å². The first-order chi connectivity index (χ1) is 18.7. The van der Waals surface area contributed by atoms with Crippen LogP contribution in [0, 0.1) is 0 Å². The van der Waals surface area contributed by atoms with Gasteiger partial charge in [-0.05, 0) is 88.6 Å². The normalized spacial score (nSPS) is 12.1. The molecule has 6 nitrogen and oxygen atoms in total. The molecule has 0 aliphatic heterocycles. The molecule has 0 unspecified atom stereocenters. The molecule has 0 saturated heterocycles. The summed E-state index contributed by atoms with van der Waals surface area (Å²) < 4.78 is 16.6. The molecule has 0 radical (unpaired) electrons. The van der Waals surface area contributed by atoms with E-state index in [1.54, 1.807) is 102 Å². The molecule has 0 amide bonds. The fourth-order valence-electron chi connectivity index (χ4n) is 3.35. The smallest absolute Gasteiger partial charge is 0.338 e. The molecule has 6 heteroatoms. The molecule has 0 heterocycles. The number of esters is 3. The number of carbonyl (C=O) groups is 3. The Bertz CT molecular complexity index is 1460. The maximum absolute atomic E-state index is 12.7. The van der Waals surface area contributed by atoms with Crippen LogP contribution in [0.25, 0.3) is 22.3 Å². The zero-order chi connectivity index (χ0) is 28.5. The van der Waals surface area contributed by atoms with Crippen LogP contribution in [0.2, 0.25) is 0 Å². The lowest BCUT2D eigenvalue weighted by molar-refractivity contribution is -0.131. The SMILES string of the molecule is C/C=C(\C)C(=O)Oc1ccc(-c2ccc(-c3ccc(OC(=O)/C(C)=C/C)cc3)c(OC(=O)/C(C)=C/C)c2)cc1. The zero-order valence-electron chi connectivity index (χ0n) is 23.0. The van der Waals surface area contributed by atoms with Gasteiger partial charge < -0.3 is 14.2 Å². The van der Waals surface area contributed by atoms with E-state index in [1.165, 1.54) is 0 Å². The minimum absolute atomic E-state index is 0.382. The molecule has 0 N–H and O–H groups in total. The van der Waals surface area contributed by atoms with Crippen molar-refractivity contribution >= 4 is 17.9 Å². The van der Waals surface area contributed by atoms with Crippen molar-refractivity contribution in [2.75, 3.05) is 0 Å². The van der Waals surface area contributed by atoms with Crippen molar-refractivity contribution in [1.29, 1.82) is 0 Å². The molecule has 3 rings (SSSR count). The summed E-state index contributed by atoms with van der Waals surface area (Å²) in [6, 6.07) is 19.7. The molecule has 0 spiro atoms. The van der Waals surface area contributed by atoms with Gasteiger partial charge in [-0.25, -0.2) is 14.4 Å².